The van der Waals surface area contributed by atoms with Crippen LogP contribution in [-0.2, 0) is 0 Å². The molecule has 0 heterocycles. The second kappa shape index (κ2) is 8.67. The predicted octanol–water partition coefficient (Wildman–Crippen LogP) is 0.717. The molecule has 0 amide bonds. The molecular formula is C13H22N4O4. The average Bonchev–Trinajstić information content (AvgIpc) is 2.44. The predicted molar refractivity (Wildman–Crippen MR) is 78.8 cm³/mol. The van der Waals surface area contributed by atoms with Crippen LogP contribution in [0.15, 0.2) is 23.3 Å². The molecule has 5 N–H and O–H groups in total. The van der Waals surface area contributed by atoms with E-state index >= 15 is 0 Å². The third-order valence-electron chi connectivity index (χ3n) is 3.02. The number of hydrogen-bond acceptors (Lipinski definition) is 6. The molecule has 0 saturated heterocycles. The van der Waals surface area contributed by atoms with Crippen LogP contribution in [-0.4, -0.2) is 16.6 Å². The molecule has 0 saturated carbocycles. The fourth-order valence-corrected chi connectivity index (χ4v) is 1.79. The standard InChI is InChI=1S/C13H22N4O4/c1-3-4-5-10(2)9-14-15-12-7-6-11(16(18)19)8-13(12)17(20)21/h6-10,15-18,20H,3-5H2,1-2H3. The molecule has 118 valence electrons. The number of benzene rings is 1. The molecule has 3 atom stereocenters. The van der Waals surface area contributed by atoms with Crippen molar-refractivity contribution in [3.63, 3.8) is 0 Å². The van der Waals surface area contributed by atoms with Gasteiger partial charge in [-0.3, -0.25) is 5.43 Å². The Morgan fingerprint density at radius 2 is 2.05 bits per heavy atom. The van der Waals surface area contributed by atoms with Gasteiger partial charge in [-0.15, -0.1) is 0 Å². The fraction of sp³-hybridized carbons (Fsp3) is 0.462. The Hall–Kier alpha value is -1.55. The van der Waals surface area contributed by atoms with Gasteiger partial charge in [-0.1, -0.05) is 26.7 Å². The summed E-state index contributed by atoms with van der Waals surface area (Å²) in [5, 5.41) is 41.6. The number of rotatable bonds is 8. The highest BCUT2D eigenvalue weighted by Crippen LogP contribution is 2.20. The lowest BCUT2D eigenvalue weighted by Gasteiger charge is -2.18. The first kappa shape index (κ1) is 17.5. The van der Waals surface area contributed by atoms with Crippen molar-refractivity contribution in [3.05, 3.63) is 28.6 Å². The maximum Gasteiger partial charge on any atom is 0.195 e. The van der Waals surface area contributed by atoms with E-state index in [-0.39, 0.29) is 17.1 Å². The van der Waals surface area contributed by atoms with Crippen molar-refractivity contribution in [1.82, 2.24) is 0 Å². The van der Waals surface area contributed by atoms with Gasteiger partial charge in [0.25, 0.3) is 0 Å². The molecule has 0 aliphatic rings. The van der Waals surface area contributed by atoms with Crippen LogP contribution < -0.4 is 15.9 Å². The van der Waals surface area contributed by atoms with Crippen LogP contribution in [0.4, 0.5) is 17.1 Å². The maximum atomic E-state index is 11.2. The van der Waals surface area contributed by atoms with E-state index in [1.165, 1.54) is 12.1 Å². The lowest BCUT2D eigenvalue weighted by molar-refractivity contribution is -0.996. The minimum absolute atomic E-state index is 0.0711. The number of unbranched alkanes of at least 4 members (excludes halogenated alkanes) is 1. The van der Waals surface area contributed by atoms with Crippen molar-refractivity contribution < 1.29 is 20.9 Å². The minimum atomic E-state index is -1.20. The molecule has 0 aromatic heterocycles. The van der Waals surface area contributed by atoms with Crippen LogP contribution in [0.2, 0.25) is 0 Å². The molecule has 1 aromatic rings. The number of nitrogens with one attached hydrogen (secondary N) is 3. The molecule has 0 spiro atoms. The normalized spacial score (nSPS) is 15.9. The maximum absolute atomic E-state index is 11.2. The first-order valence-corrected chi connectivity index (χ1v) is 6.85. The van der Waals surface area contributed by atoms with Crippen LogP contribution in [0.3, 0.4) is 0 Å². The quantitative estimate of drug-likeness (QED) is 0.358. The molecule has 8 heteroatoms. The van der Waals surface area contributed by atoms with Crippen LogP contribution in [0.1, 0.15) is 33.1 Å². The summed E-state index contributed by atoms with van der Waals surface area (Å²) >= 11 is 0. The molecule has 0 radical (unpaired) electrons. The van der Waals surface area contributed by atoms with E-state index in [1.807, 2.05) is 6.92 Å². The third-order valence-corrected chi connectivity index (χ3v) is 3.02. The summed E-state index contributed by atoms with van der Waals surface area (Å²) in [5.74, 6) is 0.295. The lowest BCUT2D eigenvalue weighted by Crippen LogP contribution is -3.00. The number of quaternary nitrogens is 2. The van der Waals surface area contributed by atoms with Gasteiger partial charge in [0.1, 0.15) is 5.69 Å². The first-order valence-electron chi connectivity index (χ1n) is 6.85. The fourth-order valence-electron chi connectivity index (χ4n) is 1.79. The summed E-state index contributed by atoms with van der Waals surface area (Å²) in [7, 11) is 0. The number of anilines is 1. The molecule has 1 aromatic carbocycles. The van der Waals surface area contributed by atoms with Crippen LogP contribution in [0, 0.1) is 16.3 Å². The van der Waals surface area contributed by atoms with Crippen molar-refractivity contribution in [2.24, 2.45) is 11.0 Å². The molecule has 0 aliphatic heterocycles. The Labute approximate surface area is 123 Å². The van der Waals surface area contributed by atoms with Gasteiger partial charge in [0, 0.05) is 12.3 Å². The molecule has 8 nitrogen and oxygen atoms in total. The lowest BCUT2D eigenvalue weighted by atomic mass is 10.1. The third kappa shape index (κ3) is 5.76. The van der Waals surface area contributed by atoms with E-state index < -0.39 is 10.5 Å². The zero-order chi connectivity index (χ0) is 15.8. The van der Waals surface area contributed by atoms with E-state index in [4.69, 9.17) is 10.4 Å². The molecule has 0 bridgehead atoms. The number of hydrazone groups is 1. The Bertz CT molecular complexity index is 465. The second-order valence-electron chi connectivity index (χ2n) is 4.88. The molecule has 0 aliphatic carbocycles. The van der Waals surface area contributed by atoms with E-state index in [0.717, 1.165) is 25.3 Å². The zero-order valence-electron chi connectivity index (χ0n) is 12.2. The number of hydrogen-bond donors (Lipinski definition) is 5. The minimum Gasteiger partial charge on any atom is -0.595 e. The summed E-state index contributed by atoms with van der Waals surface area (Å²) in [6.45, 7) is 4.15. The van der Waals surface area contributed by atoms with Crippen LogP contribution in [0.5, 0.6) is 0 Å². The molecule has 21 heavy (non-hydrogen) atoms. The van der Waals surface area contributed by atoms with Crippen molar-refractivity contribution in [2.45, 2.75) is 33.1 Å². The van der Waals surface area contributed by atoms with Gasteiger partial charge in [0.15, 0.2) is 11.4 Å². The molecule has 0 fully saturated rings. The Kier molecular flexibility index (Phi) is 7.23. The summed E-state index contributed by atoms with van der Waals surface area (Å²) in [5.41, 5.74) is 2.75. The van der Waals surface area contributed by atoms with Crippen LogP contribution >= 0.6 is 0 Å². The summed E-state index contributed by atoms with van der Waals surface area (Å²) in [4.78, 5) is 0. The van der Waals surface area contributed by atoms with Crippen LogP contribution in [0.25, 0.3) is 0 Å². The van der Waals surface area contributed by atoms with E-state index in [9.17, 15) is 10.4 Å². The van der Waals surface area contributed by atoms with E-state index in [2.05, 4.69) is 17.5 Å². The summed E-state index contributed by atoms with van der Waals surface area (Å²) in [6, 6.07) is 3.86. The molecule has 3 unspecified atom stereocenters. The smallest absolute Gasteiger partial charge is 0.195 e. The van der Waals surface area contributed by atoms with Gasteiger partial charge in [-0.25, -0.2) is 10.4 Å². The highest BCUT2D eigenvalue weighted by atomic mass is 16.8. The highest BCUT2D eigenvalue weighted by molar-refractivity contribution is 5.67. The van der Waals surface area contributed by atoms with E-state index in [0.29, 0.717) is 5.92 Å². The van der Waals surface area contributed by atoms with E-state index in [1.54, 1.807) is 6.21 Å². The van der Waals surface area contributed by atoms with Gasteiger partial charge in [-0.05, 0) is 18.4 Å². The average molecular weight is 298 g/mol. The Morgan fingerprint density at radius 1 is 1.33 bits per heavy atom. The molecule has 1 rings (SSSR count). The summed E-state index contributed by atoms with van der Waals surface area (Å²) < 4.78 is 0. The van der Waals surface area contributed by atoms with Gasteiger partial charge in [-0.2, -0.15) is 15.6 Å². The summed E-state index contributed by atoms with van der Waals surface area (Å²) in [6.07, 6.45) is 4.98. The largest absolute Gasteiger partial charge is 0.595 e. The van der Waals surface area contributed by atoms with Crippen molar-refractivity contribution in [3.8, 4) is 0 Å². The van der Waals surface area contributed by atoms with Gasteiger partial charge in [0.05, 0.1) is 6.07 Å². The SMILES string of the molecule is CCCCC(C)C=NNc1ccc([NH+]([O-])O)cc1[NH+]([O-])O. The van der Waals surface area contributed by atoms with Gasteiger partial charge in [0.2, 0.25) is 0 Å². The monoisotopic (exact) mass is 298 g/mol. The first-order chi connectivity index (χ1) is 9.95. The van der Waals surface area contributed by atoms with Crippen molar-refractivity contribution in [1.29, 1.82) is 0 Å². The van der Waals surface area contributed by atoms with Gasteiger partial charge >= 0.3 is 0 Å². The second-order valence-corrected chi connectivity index (χ2v) is 4.88. The zero-order valence-corrected chi connectivity index (χ0v) is 12.2. The van der Waals surface area contributed by atoms with Crippen molar-refractivity contribution in [2.75, 3.05) is 5.43 Å². The molecular weight excluding hydrogens is 276 g/mol. The Morgan fingerprint density at radius 3 is 2.62 bits per heavy atom. The van der Waals surface area contributed by atoms with Crippen molar-refractivity contribution >= 4 is 23.3 Å². The van der Waals surface area contributed by atoms with Gasteiger partial charge < -0.3 is 10.4 Å². The highest BCUT2D eigenvalue weighted by Gasteiger charge is 2.13. The Balaban J connectivity index is 2.76. The topological polar surface area (TPSA) is 120 Å². The number of nitrogens with zero attached hydrogens (tertiary/aromatic N) is 1.